The van der Waals surface area contributed by atoms with Crippen LogP contribution in [0.4, 0.5) is 13.2 Å². The molecule has 0 fully saturated rings. The summed E-state index contributed by atoms with van der Waals surface area (Å²) in [6.45, 7) is 0. The quantitative estimate of drug-likeness (QED) is 0.599. The van der Waals surface area contributed by atoms with Crippen LogP contribution in [-0.2, 0) is 0 Å². The first-order valence-electron chi connectivity index (χ1n) is 3.51. The van der Waals surface area contributed by atoms with Gasteiger partial charge in [0.2, 0.25) is 0 Å². The first-order valence-corrected chi connectivity index (χ1v) is 5.82. The molecular weight excluding hydrogens is 328 g/mol. The molecule has 0 spiro atoms. The Labute approximate surface area is 97.2 Å². The van der Waals surface area contributed by atoms with E-state index in [0.717, 1.165) is 8.47 Å². The van der Waals surface area contributed by atoms with Crippen LogP contribution in [0.5, 0.6) is 5.75 Å². The molecule has 78 valence electrons. The summed E-state index contributed by atoms with van der Waals surface area (Å²) in [4.78, 5) is 0.771. The van der Waals surface area contributed by atoms with Crippen LogP contribution < -0.4 is 4.74 Å². The van der Waals surface area contributed by atoms with E-state index in [-0.39, 0.29) is 5.75 Å². The van der Waals surface area contributed by atoms with Crippen LogP contribution in [0.3, 0.4) is 0 Å². The normalized spacial score (nSPS) is 11.5. The molecule has 0 amide bonds. The molecule has 0 bridgehead atoms. The lowest BCUT2D eigenvalue weighted by Crippen LogP contribution is -2.17. The molecule has 6 heteroatoms. The molecule has 0 unspecified atom stereocenters. The highest BCUT2D eigenvalue weighted by Crippen LogP contribution is 2.29. The molecule has 0 aliphatic carbocycles. The van der Waals surface area contributed by atoms with E-state index in [9.17, 15) is 13.2 Å². The Bertz CT molecular complexity index is 327. The van der Waals surface area contributed by atoms with Gasteiger partial charge in [-0.05, 0) is 47.0 Å². The van der Waals surface area contributed by atoms with Gasteiger partial charge >= 0.3 is 6.36 Å². The number of thioether (sulfide) groups is 1. The van der Waals surface area contributed by atoms with Crippen molar-refractivity contribution in [1.29, 1.82) is 0 Å². The number of ether oxygens (including phenoxy) is 1. The Morgan fingerprint density at radius 1 is 1.36 bits per heavy atom. The summed E-state index contributed by atoms with van der Waals surface area (Å²) in [6.07, 6.45) is -2.82. The molecule has 1 nitrogen and oxygen atoms in total. The Balaban J connectivity index is 2.90. The molecule has 0 saturated carbocycles. The van der Waals surface area contributed by atoms with E-state index in [4.69, 9.17) is 0 Å². The second-order valence-corrected chi connectivity index (χ2v) is 4.35. The van der Waals surface area contributed by atoms with Crippen molar-refractivity contribution in [2.75, 3.05) is 6.26 Å². The Kier molecular flexibility index (Phi) is 3.94. The number of halogens is 4. The van der Waals surface area contributed by atoms with Crippen molar-refractivity contribution >= 4 is 34.4 Å². The first kappa shape index (κ1) is 12.0. The molecule has 1 aromatic carbocycles. The maximum Gasteiger partial charge on any atom is 0.573 e. The van der Waals surface area contributed by atoms with Gasteiger partial charge in [-0.2, -0.15) is 0 Å². The smallest absolute Gasteiger partial charge is 0.406 e. The lowest BCUT2D eigenvalue weighted by Gasteiger charge is -2.10. The van der Waals surface area contributed by atoms with Crippen molar-refractivity contribution in [3.8, 4) is 5.75 Å². The van der Waals surface area contributed by atoms with Crippen LogP contribution >= 0.6 is 34.4 Å². The van der Waals surface area contributed by atoms with E-state index in [0.29, 0.717) is 0 Å². The van der Waals surface area contributed by atoms with E-state index in [2.05, 4.69) is 27.3 Å². The molecule has 1 rings (SSSR count). The number of rotatable bonds is 2. The fourth-order valence-corrected chi connectivity index (χ4v) is 2.33. The Morgan fingerprint density at radius 2 is 2.00 bits per heavy atom. The maximum absolute atomic E-state index is 11.8. The molecule has 0 aliphatic rings. The van der Waals surface area contributed by atoms with Crippen molar-refractivity contribution in [1.82, 2.24) is 0 Å². The zero-order valence-electron chi connectivity index (χ0n) is 7.06. The highest BCUT2D eigenvalue weighted by atomic mass is 127. The van der Waals surface area contributed by atoms with Gasteiger partial charge in [-0.3, -0.25) is 0 Å². The van der Waals surface area contributed by atoms with Gasteiger partial charge in [0.05, 0.1) is 0 Å². The third-order valence-corrected chi connectivity index (χ3v) is 3.44. The van der Waals surface area contributed by atoms with Crippen molar-refractivity contribution in [3.05, 3.63) is 21.8 Å². The van der Waals surface area contributed by atoms with Crippen molar-refractivity contribution in [3.63, 3.8) is 0 Å². The SMILES string of the molecule is CSc1cc(OC(F)(F)F)ccc1I. The second-order valence-electron chi connectivity index (χ2n) is 2.34. The van der Waals surface area contributed by atoms with Crippen LogP contribution in [0.25, 0.3) is 0 Å². The highest BCUT2D eigenvalue weighted by molar-refractivity contribution is 14.1. The van der Waals surface area contributed by atoms with Crippen LogP contribution in [0.1, 0.15) is 0 Å². The van der Waals surface area contributed by atoms with Crippen LogP contribution in [0.2, 0.25) is 0 Å². The van der Waals surface area contributed by atoms with Gasteiger partial charge in [-0.15, -0.1) is 24.9 Å². The minimum absolute atomic E-state index is 0.178. The minimum Gasteiger partial charge on any atom is -0.406 e. The summed E-state index contributed by atoms with van der Waals surface area (Å²) < 4.78 is 40.2. The van der Waals surface area contributed by atoms with E-state index in [1.807, 2.05) is 0 Å². The van der Waals surface area contributed by atoms with Crippen LogP contribution in [0, 0.1) is 3.57 Å². The molecule has 0 heterocycles. The zero-order chi connectivity index (χ0) is 10.8. The summed E-state index contributed by atoms with van der Waals surface area (Å²) >= 11 is 3.44. The van der Waals surface area contributed by atoms with E-state index >= 15 is 0 Å². The molecule has 0 aliphatic heterocycles. The van der Waals surface area contributed by atoms with Gasteiger partial charge in [0.1, 0.15) is 5.75 Å². The van der Waals surface area contributed by atoms with Crippen molar-refractivity contribution in [2.24, 2.45) is 0 Å². The summed E-state index contributed by atoms with van der Waals surface area (Å²) in [5, 5.41) is 0. The van der Waals surface area contributed by atoms with Gasteiger partial charge in [0.15, 0.2) is 0 Å². The maximum atomic E-state index is 11.8. The fraction of sp³-hybridized carbons (Fsp3) is 0.250. The molecular formula is C8H6F3IOS. The van der Waals surface area contributed by atoms with E-state index < -0.39 is 6.36 Å². The van der Waals surface area contributed by atoms with Gasteiger partial charge < -0.3 is 4.74 Å². The molecule has 0 atom stereocenters. The Hall–Kier alpha value is -0.110. The highest BCUT2D eigenvalue weighted by Gasteiger charge is 2.31. The lowest BCUT2D eigenvalue weighted by molar-refractivity contribution is -0.274. The van der Waals surface area contributed by atoms with Crippen molar-refractivity contribution in [2.45, 2.75) is 11.3 Å². The minimum atomic E-state index is -4.62. The summed E-state index contributed by atoms with van der Waals surface area (Å²) in [7, 11) is 0. The van der Waals surface area contributed by atoms with E-state index in [1.54, 1.807) is 12.3 Å². The predicted octanol–water partition coefficient (Wildman–Crippen LogP) is 3.91. The Morgan fingerprint density at radius 3 is 2.50 bits per heavy atom. The third kappa shape index (κ3) is 3.56. The monoisotopic (exact) mass is 334 g/mol. The zero-order valence-corrected chi connectivity index (χ0v) is 10.0. The van der Waals surface area contributed by atoms with Gasteiger partial charge in [0, 0.05) is 8.47 Å². The molecule has 0 aromatic heterocycles. The topological polar surface area (TPSA) is 9.23 Å². The average Bonchev–Trinajstić information content (AvgIpc) is 2.06. The predicted molar refractivity (Wildman–Crippen MR) is 57.6 cm³/mol. The van der Waals surface area contributed by atoms with Crippen LogP contribution in [-0.4, -0.2) is 12.6 Å². The molecule has 0 saturated heterocycles. The van der Waals surface area contributed by atoms with Gasteiger partial charge in [0.25, 0.3) is 0 Å². The standard InChI is InChI=1S/C8H6F3IOS/c1-14-7-4-5(2-3-6(7)12)13-8(9,10)11/h2-4H,1H3. The molecule has 14 heavy (non-hydrogen) atoms. The van der Waals surface area contributed by atoms with Crippen molar-refractivity contribution < 1.29 is 17.9 Å². The van der Waals surface area contributed by atoms with Gasteiger partial charge in [-0.25, -0.2) is 0 Å². The molecule has 0 N–H and O–H groups in total. The first-order chi connectivity index (χ1) is 6.42. The summed E-state index contributed by atoms with van der Waals surface area (Å²) in [6, 6.07) is 4.27. The molecule has 0 radical (unpaired) electrons. The summed E-state index contributed by atoms with van der Waals surface area (Å²) in [5.74, 6) is -0.178. The van der Waals surface area contributed by atoms with Gasteiger partial charge in [-0.1, -0.05) is 0 Å². The summed E-state index contributed by atoms with van der Waals surface area (Å²) in [5.41, 5.74) is 0. The third-order valence-electron chi connectivity index (χ3n) is 1.36. The molecule has 1 aromatic rings. The van der Waals surface area contributed by atoms with E-state index in [1.165, 1.54) is 23.9 Å². The largest absolute Gasteiger partial charge is 0.573 e. The average molecular weight is 334 g/mol. The number of hydrogen-bond donors (Lipinski definition) is 0. The van der Waals surface area contributed by atoms with Crippen LogP contribution in [0.15, 0.2) is 23.1 Å². The fourth-order valence-electron chi connectivity index (χ4n) is 0.837. The number of hydrogen-bond acceptors (Lipinski definition) is 2. The lowest BCUT2D eigenvalue weighted by atomic mass is 10.3. The second kappa shape index (κ2) is 4.61. The number of benzene rings is 1. The number of alkyl halides is 3.